The molecule has 0 bridgehead atoms. The van der Waals surface area contributed by atoms with E-state index in [1.54, 1.807) is 37.3 Å². The summed E-state index contributed by atoms with van der Waals surface area (Å²) in [6.45, 7) is 2.18. The van der Waals surface area contributed by atoms with Gasteiger partial charge in [-0.25, -0.2) is 0 Å². The standard InChI is InChI=1S/C23H28N2O5/c1-24(2)13-15-30-22-17(9-11-20(27-3)23(22)28-4)10-12-21(26)25-14-16-29-19-8-6-5-7-18(19)25/h5-12H,13-16H2,1-4H3. The molecule has 1 heterocycles. The van der Waals surface area contributed by atoms with E-state index in [0.29, 0.717) is 42.8 Å². The molecule has 2 aromatic rings. The average Bonchev–Trinajstić information content (AvgIpc) is 2.76. The summed E-state index contributed by atoms with van der Waals surface area (Å²) in [7, 11) is 7.11. The topological polar surface area (TPSA) is 60.5 Å². The third-order valence-corrected chi connectivity index (χ3v) is 4.72. The van der Waals surface area contributed by atoms with E-state index in [-0.39, 0.29) is 5.91 Å². The van der Waals surface area contributed by atoms with Crippen LogP contribution >= 0.6 is 0 Å². The molecule has 3 rings (SSSR count). The Hall–Kier alpha value is -3.19. The number of likely N-dealkylation sites (N-methyl/N-ethyl adjacent to an activating group) is 1. The predicted molar refractivity (Wildman–Crippen MR) is 117 cm³/mol. The minimum absolute atomic E-state index is 0.125. The molecule has 0 spiro atoms. The molecule has 30 heavy (non-hydrogen) atoms. The molecule has 7 nitrogen and oxygen atoms in total. The van der Waals surface area contributed by atoms with Gasteiger partial charge in [-0.3, -0.25) is 4.79 Å². The van der Waals surface area contributed by atoms with Crippen LogP contribution in [0, 0.1) is 0 Å². The molecule has 0 saturated heterocycles. The number of carbonyl (C=O) groups is 1. The van der Waals surface area contributed by atoms with Gasteiger partial charge >= 0.3 is 0 Å². The molecule has 7 heteroatoms. The van der Waals surface area contributed by atoms with Crippen LogP contribution in [-0.2, 0) is 4.79 Å². The highest BCUT2D eigenvalue weighted by atomic mass is 16.5. The van der Waals surface area contributed by atoms with Gasteiger partial charge in [0.1, 0.15) is 19.0 Å². The number of para-hydroxylation sites is 2. The minimum Gasteiger partial charge on any atom is -0.493 e. The van der Waals surface area contributed by atoms with Gasteiger partial charge in [-0.05, 0) is 44.4 Å². The van der Waals surface area contributed by atoms with Crippen molar-refractivity contribution in [1.29, 1.82) is 0 Å². The van der Waals surface area contributed by atoms with Crippen LogP contribution in [0.25, 0.3) is 6.08 Å². The van der Waals surface area contributed by atoms with Gasteiger partial charge < -0.3 is 28.7 Å². The zero-order chi connectivity index (χ0) is 21.5. The quantitative estimate of drug-likeness (QED) is 0.621. The highest BCUT2D eigenvalue weighted by Gasteiger charge is 2.22. The number of hydrogen-bond acceptors (Lipinski definition) is 6. The van der Waals surface area contributed by atoms with Crippen molar-refractivity contribution in [1.82, 2.24) is 4.90 Å². The Morgan fingerprint density at radius 2 is 1.93 bits per heavy atom. The van der Waals surface area contributed by atoms with Crippen LogP contribution < -0.4 is 23.8 Å². The second-order valence-corrected chi connectivity index (χ2v) is 7.01. The molecule has 0 radical (unpaired) electrons. The normalized spacial score (nSPS) is 13.2. The van der Waals surface area contributed by atoms with Crippen molar-refractivity contribution in [2.75, 3.05) is 59.5 Å². The van der Waals surface area contributed by atoms with Gasteiger partial charge in [-0.2, -0.15) is 0 Å². The summed E-state index contributed by atoms with van der Waals surface area (Å²) < 4.78 is 22.6. The molecular formula is C23H28N2O5. The van der Waals surface area contributed by atoms with Crippen molar-refractivity contribution >= 4 is 17.7 Å². The first-order valence-electron chi connectivity index (χ1n) is 9.79. The van der Waals surface area contributed by atoms with Gasteiger partial charge in [0.05, 0.1) is 26.5 Å². The highest BCUT2D eigenvalue weighted by molar-refractivity contribution is 6.05. The summed E-state index contributed by atoms with van der Waals surface area (Å²) in [5.74, 6) is 2.21. The molecule has 0 saturated carbocycles. The lowest BCUT2D eigenvalue weighted by molar-refractivity contribution is -0.114. The summed E-state index contributed by atoms with van der Waals surface area (Å²) in [6.07, 6.45) is 3.29. The summed E-state index contributed by atoms with van der Waals surface area (Å²) >= 11 is 0. The molecule has 2 aromatic carbocycles. The third-order valence-electron chi connectivity index (χ3n) is 4.72. The largest absolute Gasteiger partial charge is 0.493 e. The minimum atomic E-state index is -0.125. The van der Waals surface area contributed by atoms with Gasteiger partial charge in [-0.15, -0.1) is 0 Å². The van der Waals surface area contributed by atoms with Gasteiger partial charge in [-0.1, -0.05) is 12.1 Å². The van der Waals surface area contributed by atoms with Gasteiger partial charge in [0.15, 0.2) is 11.5 Å². The number of methoxy groups -OCH3 is 2. The van der Waals surface area contributed by atoms with E-state index in [9.17, 15) is 4.79 Å². The van der Waals surface area contributed by atoms with Crippen molar-refractivity contribution in [2.45, 2.75) is 0 Å². The fourth-order valence-electron chi connectivity index (χ4n) is 3.17. The Morgan fingerprint density at radius 3 is 2.67 bits per heavy atom. The van der Waals surface area contributed by atoms with Gasteiger partial charge in [0.25, 0.3) is 5.91 Å². The van der Waals surface area contributed by atoms with E-state index in [0.717, 1.165) is 17.8 Å². The Balaban J connectivity index is 1.86. The maximum Gasteiger partial charge on any atom is 0.251 e. The third kappa shape index (κ3) is 4.86. The van der Waals surface area contributed by atoms with Crippen molar-refractivity contribution < 1.29 is 23.7 Å². The van der Waals surface area contributed by atoms with E-state index in [1.807, 2.05) is 49.3 Å². The Morgan fingerprint density at radius 1 is 1.13 bits per heavy atom. The van der Waals surface area contributed by atoms with Crippen LogP contribution in [-0.4, -0.2) is 65.4 Å². The molecule has 0 unspecified atom stereocenters. The SMILES string of the molecule is COc1ccc(C=CC(=O)N2CCOc3ccccc32)c(OCCN(C)C)c1OC. The monoisotopic (exact) mass is 412 g/mol. The predicted octanol–water partition coefficient (Wildman–Crippen LogP) is 3.08. The average molecular weight is 412 g/mol. The molecule has 0 aromatic heterocycles. The van der Waals surface area contributed by atoms with Crippen molar-refractivity contribution in [3.8, 4) is 23.0 Å². The number of carbonyl (C=O) groups excluding carboxylic acids is 1. The van der Waals surface area contributed by atoms with Crippen LogP contribution in [0.5, 0.6) is 23.0 Å². The summed E-state index contributed by atoms with van der Waals surface area (Å²) in [6, 6.07) is 11.2. The first-order chi connectivity index (χ1) is 14.5. The van der Waals surface area contributed by atoms with Crippen LogP contribution in [0.3, 0.4) is 0 Å². The van der Waals surface area contributed by atoms with Crippen LogP contribution in [0.15, 0.2) is 42.5 Å². The molecule has 1 aliphatic heterocycles. The van der Waals surface area contributed by atoms with E-state index in [2.05, 4.69) is 0 Å². The number of amides is 1. The molecule has 0 fully saturated rings. The highest BCUT2D eigenvalue weighted by Crippen LogP contribution is 2.40. The van der Waals surface area contributed by atoms with E-state index < -0.39 is 0 Å². The lowest BCUT2D eigenvalue weighted by Crippen LogP contribution is -2.36. The van der Waals surface area contributed by atoms with Gasteiger partial charge in [0, 0.05) is 18.2 Å². The lowest BCUT2D eigenvalue weighted by Gasteiger charge is -2.28. The van der Waals surface area contributed by atoms with Crippen LogP contribution in [0.1, 0.15) is 5.56 Å². The second-order valence-electron chi connectivity index (χ2n) is 7.01. The smallest absolute Gasteiger partial charge is 0.251 e. The number of rotatable bonds is 8. The first-order valence-corrected chi connectivity index (χ1v) is 9.79. The fourth-order valence-corrected chi connectivity index (χ4v) is 3.17. The molecule has 0 aliphatic carbocycles. The zero-order valence-corrected chi connectivity index (χ0v) is 17.9. The van der Waals surface area contributed by atoms with E-state index >= 15 is 0 Å². The van der Waals surface area contributed by atoms with Crippen LogP contribution in [0.2, 0.25) is 0 Å². The number of nitrogens with zero attached hydrogens (tertiary/aromatic N) is 2. The molecule has 160 valence electrons. The number of ether oxygens (including phenoxy) is 4. The molecule has 1 aliphatic rings. The second kappa shape index (κ2) is 10.0. The number of hydrogen-bond donors (Lipinski definition) is 0. The van der Waals surface area contributed by atoms with Crippen molar-refractivity contribution in [3.05, 3.63) is 48.0 Å². The Kier molecular flexibility index (Phi) is 7.19. The first kappa shape index (κ1) is 21.5. The fraction of sp³-hybridized carbons (Fsp3) is 0.348. The molecule has 0 N–H and O–H groups in total. The number of benzene rings is 2. The van der Waals surface area contributed by atoms with E-state index in [1.165, 1.54) is 0 Å². The maximum absolute atomic E-state index is 12.9. The van der Waals surface area contributed by atoms with Crippen molar-refractivity contribution in [3.63, 3.8) is 0 Å². The van der Waals surface area contributed by atoms with Gasteiger partial charge in [0.2, 0.25) is 5.75 Å². The molecule has 1 amide bonds. The Bertz CT molecular complexity index is 910. The zero-order valence-electron chi connectivity index (χ0n) is 17.9. The molecule has 0 atom stereocenters. The van der Waals surface area contributed by atoms with E-state index in [4.69, 9.17) is 18.9 Å². The molecular weight excluding hydrogens is 384 g/mol. The Labute approximate surface area is 177 Å². The van der Waals surface area contributed by atoms with Crippen LogP contribution in [0.4, 0.5) is 5.69 Å². The van der Waals surface area contributed by atoms with Crippen molar-refractivity contribution in [2.24, 2.45) is 0 Å². The summed E-state index contributed by atoms with van der Waals surface area (Å²) in [5.41, 5.74) is 1.51. The summed E-state index contributed by atoms with van der Waals surface area (Å²) in [5, 5.41) is 0. The lowest BCUT2D eigenvalue weighted by atomic mass is 10.1. The maximum atomic E-state index is 12.9. The number of fused-ring (bicyclic) bond motifs is 1. The summed E-state index contributed by atoms with van der Waals surface area (Å²) in [4.78, 5) is 16.6. The number of anilines is 1.